The summed E-state index contributed by atoms with van der Waals surface area (Å²) in [7, 11) is 0. The van der Waals surface area contributed by atoms with Crippen molar-refractivity contribution in [3.63, 3.8) is 0 Å². The Hall–Kier alpha value is -3.60. The molecule has 4 nitrogen and oxygen atoms in total. The van der Waals surface area contributed by atoms with Crippen LogP contribution in [-0.4, -0.2) is 15.3 Å². The zero-order chi connectivity index (χ0) is 36.7. The Kier molecular flexibility index (Phi) is 11.4. The number of aryl methyl sites for hydroxylation is 8. The highest BCUT2D eigenvalue weighted by Crippen LogP contribution is 2.38. The molecule has 4 heteroatoms. The Labute approximate surface area is 290 Å². The standard InChI is InChI=1S/C33H44O2.C11H16O2/c1-19(2)29-20(3)13-26(14-21(29)4)27-15-22(5)31(23(6)16-27)33(11,12)35-28-17-24(7)30(25(8)18-28)32(9,10)34;1-7-5-9(12)6-8(2)10(7)11(3,4)13/h13-19,34H,1-12H3;5-6,12-13H,1-4H3. The van der Waals surface area contributed by atoms with E-state index in [-0.39, 0.29) is 5.75 Å². The summed E-state index contributed by atoms with van der Waals surface area (Å²) in [5, 5.41) is 29.7. The van der Waals surface area contributed by atoms with Gasteiger partial charge >= 0.3 is 0 Å². The monoisotopic (exact) mass is 652 g/mol. The number of phenolic OH excluding ortho intramolecular Hbond substituents is 1. The van der Waals surface area contributed by atoms with Crippen molar-refractivity contribution in [3.05, 3.63) is 115 Å². The Morgan fingerprint density at radius 3 is 1.12 bits per heavy atom. The van der Waals surface area contributed by atoms with E-state index in [0.717, 1.165) is 39.1 Å². The van der Waals surface area contributed by atoms with Gasteiger partial charge in [-0.1, -0.05) is 38.1 Å². The van der Waals surface area contributed by atoms with Gasteiger partial charge in [-0.15, -0.1) is 0 Å². The number of aromatic hydroxyl groups is 1. The number of phenols is 1. The fraction of sp³-hybridized carbons (Fsp3) is 0.455. The minimum Gasteiger partial charge on any atom is -0.508 e. The largest absolute Gasteiger partial charge is 0.508 e. The number of aliphatic hydroxyl groups is 2. The van der Waals surface area contributed by atoms with Crippen LogP contribution in [0.5, 0.6) is 11.5 Å². The SMILES string of the molecule is Cc1cc(-c2cc(C)c(C(C)(C)Oc3cc(C)c(C(C)(C)O)c(C)c3)c(C)c2)cc(C)c1C(C)C.Cc1cc(O)cc(C)c1C(C)(C)O. The summed E-state index contributed by atoms with van der Waals surface area (Å²) in [5.74, 6) is 1.61. The highest BCUT2D eigenvalue weighted by atomic mass is 16.5. The van der Waals surface area contributed by atoms with Crippen molar-refractivity contribution < 1.29 is 20.1 Å². The lowest BCUT2D eigenvalue weighted by Gasteiger charge is -2.32. The molecule has 0 aliphatic carbocycles. The van der Waals surface area contributed by atoms with Gasteiger partial charge in [-0.3, -0.25) is 0 Å². The van der Waals surface area contributed by atoms with Crippen molar-refractivity contribution in [2.24, 2.45) is 0 Å². The molecule has 4 aromatic rings. The topological polar surface area (TPSA) is 69.9 Å². The molecule has 3 N–H and O–H groups in total. The number of hydrogen-bond donors (Lipinski definition) is 3. The lowest BCUT2D eigenvalue weighted by molar-refractivity contribution is 0.0762. The molecule has 0 saturated heterocycles. The lowest BCUT2D eigenvalue weighted by atomic mass is 9.85. The van der Waals surface area contributed by atoms with Gasteiger partial charge in [-0.05, 0) is 199 Å². The van der Waals surface area contributed by atoms with Crippen LogP contribution in [0.4, 0.5) is 0 Å². The number of hydrogen-bond acceptors (Lipinski definition) is 4. The van der Waals surface area contributed by atoms with E-state index in [2.05, 4.69) is 79.7 Å². The van der Waals surface area contributed by atoms with Gasteiger partial charge in [0.15, 0.2) is 0 Å². The Bertz CT molecular complexity index is 1700. The highest BCUT2D eigenvalue weighted by molar-refractivity contribution is 5.69. The smallest absolute Gasteiger partial charge is 0.129 e. The van der Waals surface area contributed by atoms with Gasteiger partial charge < -0.3 is 20.1 Å². The van der Waals surface area contributed by atoms with Crippen LogP contribution >= 0.6 is 0 Å². The van der Waals surface area contributed by atoms with Crippen LogP contribution in [0.3, 0.4) is 0 Å². The molecule has 0 unspecified atom stereocenters. The molecule has 4 aromatic carbocycles. The third-order valence-electron chi connectivity index (χ3n) is 9.26. The Morgan fingerprint density at radius 1 is 0.479 bits per heavy atom. The molecule has 4 rings (SSSR count). The molecular weight excluding hydrogens is 592 g/mol. The molecule has 0 spiro atoms. The predicted molar refractivity (Wildman–Crippen MR) is 203 cm³/mol. The molecule has 0 aliphatic rings. The molecule has 0 radical (unpaired) electrons. The third kappa shape index (κ3) is 8.70. The molecular formula is C44H60O4. The zero-order valence-electron chi connectivity index (χ0n) is 32.4. The average molecular weight is 653 g/mol. The first-order chi connectivity index (χ1) is 21.8. The van der Waals surface area contributed by atoms with Crippen LogP contribution in [-0.2, 0) is 16.8 Å². The summed E-state index contributed by atoms with van der Waals surface area (Å²) in [4.78, 5) is 0. The highest BCUT2D eigenvalue weighted by Gasteiger charge is 2.29. The first-order valence-electron chi connectivity index (χ1n) is 17.1. The maximum absolute atomic E-state index is 10.6. The van der Waals surface area contributed by atoms with Crippen molar-refractivity contribution >= 4 is 0 Å². The summed E-state index contributed by atoms with van der Waals surface area (Å²) in [6, 6.07) is 16.7. The normalized spacial score (nSPS) is 12.2. The number of benzene rings is 4. The van der Waals surface area contributed by atoms with Crippen LogP contribution in [0.2, 0.25) is 0 Å². The fourth-order valence-corrected chi connectivity index (χ4v) is 8.33. The second-order valence-corrected chi connectivity index (χ2v) is 15.8. The summed E-state index contributed by atoms with van der Waals surface area (Å²) in [6.07, 6.45) is 0. The van der Waals surface area contributed by atoms with Crippen molar-refractivity contribution in [2.75, 3.05) is 0 Å². The molecule has 260 valence electrons. The van der Waals surface area contributed by atoms with E-state index in [1.807, 2.05) is 53.7 Å². The minimum absolute atomic E-state index is 0.253. The number of rotatable bonds is 7. The van der Waals surface area contributed by atoms with Crippen molar-refractivity contribution in [1.29, 1.82) is 0 Å². The van der Waals surface area contributed by atoms with Crippen LogP contribution in [0.1, 0.15) is 128 Å². The molecule has 0 heterocycles. The van der Waals surface area contributed by atoms with E-state index in [9.17, 15) is 15.3 Å². The number of ether oxygens (including phenoxy) is 1. The van der Waals surface area contributed by atoms with Gasteiger partial charge in [0.05, 0.1) is 11.2 Å². The molecule has 0 fully saturated rings. The average Bonchev–Trinajstić information content (AvgIpc) is 2.84. The summed E-state index contributed by atoms with van der Waals surface area (Å²) >= 11 is 0. The molecule has 0 atom stereocenters. The molecule has 0 saturated carbocycles. The summed E-state index contributed by atoms with van der Waals surface area (Å²) < 4.78 is 6.62. The van der Waals surface area contributed by atoms with E-state index in [0.29, 0.717) is 5.92 Å². The van der Waals surface area contributed by atoms with E-state index in [1.165, 1.54) is 44.5 Å². The van der Waals surface area contributed by atoms with E-state index >= 15 is 0 Å². The van der Waals surface area contributed by atoms with Crippen LogP contribution in [0, 0.1) is 55.4 Å². The predicted octanol–water partition coefficient (Wildman–Crippen LogP) is 11.1. The third-order valence-corrected chi connectivity index (χ3v) is 9.26. The van der Waals surface area contributed by atoms with Gasteiger partial charge in [0.25, 0.3) is 0 Å². The Morgan fingerprint density at radius 2 is 0.792 bits per heavy atom. The van der Waals surface area contributed by atoms with E-state index < -0.39 is 16.8 Å². The van der Waals surface area contributed by atoms with Gasteiger partial charge in [0.1, 0.15) is 17.1 Å². The van der Waals surface area contributed by atoms with Crippen molar-refractivity contribution in [1.82, 2.24) is 0 Å². The first-order valence-corrected chi connectivity index (χ1v) is 17.1. The second kappa shape index (κ2) is 14.1. The molecule has 0 aliphatic heterocycles. The van der Waals surface area contributed by atoms with Crippen molar-refractivity contribution in [3.8, 4) is 22.6 Å². The lowest BCUT2D eigenvalue weighted by Crippen LogP contribution is -2.28. The maximum atomic E-state index is 10.6. The van der Waals surface area contributed by atoms with Gasteiger partial charge in [0, 0.05) is 5.56 Å². The molecule has 48 heavy (non-hydrogen) atoms. The van der Waals surface area contributed by atoms with Crippen LogP contribution in [0.25, 0.3) is 11.1 Å². The second-order valence-electron chi connectivity index (χ2n) is 15.8. The first kappa shape index (κ1) is 38.8. The van der Waals surface area contributed by atoms with Gasteiger partial charge in [-0.2, -0.15) is 0 Å². The van der Waals surface area contributed by atoms with E-state index in [4.69, 9.17) is 4.74 Å². The molecule has 0 amide bonds. The molecule has 0 aromatic heterocycles. The quantitative estimate of drug-likeness (QED) is 0.186. The Balaban J connectivity index is 0.000000402. The van der Waals surface area contributed by atoms with Crippen molar-refractivity contribution in [2.45, 2.75) is 134 Å². The fourth-order valence-electron chi connectivity index (χ4n) is 8.33. The zero-order valence-corrected chi connectivity index (χ0v) is 32.4. The molecule has 0 bridgehead atoms. The summed E-state index contributed by atoms with van der Waals surface area (Å²) in [5.41, 5.74) is 13.9. The minimum atomic E-state index is -0.880. The summed E-state index contributed by atoms with van der Waals surface area (Å²) in [6.45, 7) is 32.7. The van der Waals surface area contributed by atoms with Gasteiger partial charge in [0.2, 0.25) is 0 Å². The van der Waals surface area contributed by atoms with Crippen LogP contribution < -0.4 is 4.74 Å². The van der Waals surface area contributed by atoms with Crippen LogP contribution in [0.15, 0.2) is 48.5 Å². The van der Waals surface area contributed by atoms with E-state index in [1.54, 1.807) is 26.0 Å². The van der Waals surface area contributed by atoms with Gasteiger partial charge in [-0.25, -0.2) is 0 Å². The maximum Gasteiger partial charge on any atom is 0.129 e.